The SMILES string of the molecule is Cc1ccc(-c2cc(C(=O)NOCc3ccccc3)c3c(C)noc3n2)cc1. The van der Waals surface area contributed by atoms with Crippen LogP contribution < -0.4 is 5.48 Å². The van der Waals surface area contributed by atoms with E-state index in [1.165, 1.54) is 0 Å². The van der Waals surface area contributed by atoms with Gasteiger partial charge in [-0.2, -0.15) is 0 Å². The number of amides is 1. The first kappa shape index (κ1) is 17.9. The summed E-state index contributed by atoms with van der Waals surface area (Å²) in [7, 11) is 0. The Hall–Kier alpha value is -3.51. The van der Waals surface area contributed by atoms with Crippen LogP contribution in [0.5, 0.6) is 0 Å². The van der Waals surface area contributed by atoms with E-state index in [0.717, 1.165) is 16.7 Å². The molecule has 0 aliphatic heterocycles. The molecule has 1 N–H and O–H groups in total. The largest absolute Gasteiger partial charge is 0.335 e. The Bertz CT molecular complexity index is 1120. The van der Waals surface area contributed by atoms with Gasteiger partial charge >= 0.3 is 0 Å². The summed E-state index contributed by atoms with van der Waals surface area (Å²) < 4.78 is 5.32. The van der Waals surface area contributed by atoms with Crippen LogP contribution >= 0.6 is 0 Å². The normalized spacial score (nSPS) is 10.9. The Kier molecular flexibility index (Phi) is 4.87. The zero-order valence-electron chi connectivity index (χ0n) is 15.6. The average molecular weight is 373 g/mol. The molecule has 0 spiro atoms. The van der Waals surface area contributed by atoms with Crippen LogP contribution in [0.3, 0.4) is 0 Å². The third-order valence-corrected chi connectivity index (χ3v) is 4.46. The molecule has 140 valence electrons. The second-order valence-corrected chi connectivity index (χ2v) is 6.57. The monoisotopic (exact) mass is 373 g/mol. The molecule has 4 rings (SSSR count). The molecule has 28 heavy (non-hydrogen) atoms. The van der Waals surface area contributed by atoms with Gasteiger partial charge in [0.05, 0.1) is 28.9 Å². The lowest BCUT2D eigenvalue weighted by Gasteiger charge is -2.09. The summed E-state index contributed by atoms with van der Waals surface area (Å²) in [6, 6.07) is 19.3. The predicted molar refractivity (Wildman–Crippen MR) is 105 cm³/mol. The summed E-state index contributed by atoms with van der Waals surface area (Å²) in [4.78, 5) is 22.7. The Morgan fingerprint density at radius 1 is 1.07 bits per heavy atom. The molecule has 4 aromatic rings. The summed E-state index contributed by atoms with van der Waals surface area (Å²) in [5, 5.41) is 4.54. The molecule has 0 unspecified atom stereocenters. The number of benzene rings is 2. The number of aryl methyl sites for hydroxylation is 2. The molecule has 0 atom stereocenters. The van der Waals surface area contributed by atoms with Gasteiger partial charge < -0.3 is 4.52 Å². The van der Waals surface area contributed by atoms with Gasteiger partial charge in [-0.05, 0) is 25.5 Å². The van der Waals surface area contributed by atoms with Crippen molar-refractivity contribution < 1.29 is 14.2 Å². The van der Waals surface area contributed by atoms with Crippen molar-refractivity contribution in [1.29, 1.82) is 0 Å². The van der Waals surface area contributed by atoms with Gasteiger partial charge in [0.25, 0.3) is 11.6 Å². The molecule has 0 bridgehead atoms. The highest BCUT2D eigenvalue weighted by Gasteiger charge is 2.19. The lowest BCUT2D eigenvalue weighted by atomic mass is 10.0. The number of nitrogens with one attached hydrogen (secondary N) is 1. The number of hydrogen-bond donors (Lipinski definition) is 1. The van der Waals surface area contributed by atoms with Gasteiger partial charge in [0.1, 0.15) is 0 Å². The van der Waals surface area contributed by atoms with E-state index < -0.39 is 0 Å². The standard InChI is InChI=1S/C22H19N3O3/c1-14-8-10-17(11-9-14)19-12-18(20-15(2)24-28-22(20)23-19)21(26)25-27-13-16-6-4-3-5-7-16/h3-12H,13H2,1-2H3,(H,25,26). The van der Waals surface area contributed by atoms with Gasteiger partial charge in [-0.15, -0.1) is 0 Å². The smallest absolute Gasteiger partial charge is 0.275 e. The second kappa shape index (κ2) is 7.62. The van der Waals surface area contributed by atoms with Crippen LogP contribution in [-0.4, -0.2) is 16.0 Å². The Labute approximate surface area is 162 Å². The number of aromatic nitrogens is 2. The van der Waals surface area contributed by atoms with E-state index in [-0.39, 0.29) is 12.5 Å². The van der Waals surface area contributed by atoms with E-state index in [4.69, 9.17) is 9.36 Å². The molecule has 0 saturated heterocycles. The minimum Gasteiger partial charge on any atom is -0.335 e. The number of rotatable bonds is 5. The van der Waals surface area contributed by atoms with E-state index >= 15 is 0 Å². The van der Waals surface area contributed by atoms with Gasteiger partial charge in [-0.1, -0.05) is 65.3 Å². The van der Waals surface area contributed by atoms with Crippen LogP contribution in [0.15, 0.2) is 65.2 Å². The van der Waals surface area contributed by atoms with Gasteiger partial charge in [-0.25, -0.2) is 10.5 Å². The fraction of sp³-hybridized carbons (Fsp3) is 0.136. The molecule has 0 saturated carbocycles. The second-order valence-electron chi connectivity index (χ2n) is 6.57. The van der Waals surface area contributed by atoms with E-state index in [9.17, 15) is 4.79 Å². The Balaban J connectivity index is 1.63. The zero-order valence-corrected chi connectivity index (χ0v) is 15.6. The first-order valence-corrected chi connectivity index (χ1v) is 8.92. The van der Waals surface area contributed by atoms with Crippen molar-refractivity contribution in [2.45, 2.75) is 20.5 Å². The maximum atomic E-state index is 12.8. The quantitative estimate of drug-likeness (QED) is 0.526. The number of hydrogen-bond acceptors (Lipinski definition) is 5. The highest BCUT2D eigenvalue weighted by molar-refractivity contribution is 6.06. The third kappa shape index (κ3) is 3.63. The van der Waals surface area contributed by atoms with Crippen molar-refractivity contribution in [2.75, 3.05) is 0 Å². The first-order chi connectivity index (χ1) is 13.6. The summed E-state index contributed by atoms with van der Waals surface area (Å²) in [6.07, 6.45) is 0. The van der Waals surface area contributed by atoms with Crippen LogP contribution in [-0.2, 0) is 11.4 Å². The number of hydroxylamine groups is 1. The van der Waals surface area contributed by atoms with Crippen LogP contribution in [0.25, 0.3) is 22.4 Å². The molecule has 0 aliphatic carbocycles. The molecule has 2 heterocycles. The molecule has 2 aromatic heterocycles. The van der Waals surface area contributed by atoms with E-state index in [2.05, 4.69) is 15.6 Å². The van der Waals surface area contributed by atoms with Crippen molar-refractivity contribution in [1.82, 2.24) is 15.6 Å². The van der Waals surface area contributed by atoms with Crippen LogP contribution in [0.1, 0.15) is 27.2 Å². The van der Waals surface area contributed by atoms with Crippen LogP contribution in [0, 0.1) is 13.8 Å². The highest BCUT2D eigenvalue weighted by atomic mass is 16.6. The first-order valence-electron chi connectivity index (χ1n) is 8.92. The molecular weight excluding hydrogens is 354 g/mol. The summed E-state index contributed by atoms with van der Waals surface area (Å²) in [5.41, 5.74) is 7.48. The number of carbonyl (C=O) groups excluding carboxylic acids is 1. The Morgan fingerprint density at radius 3 is 2.57 bits per heavy atom. The molecule has 6 nitrogen and oxygen atoms in total. The van der Waals surface area contributed by atoms with Crippen molar-refractivity contribution >= 4 is 17.0 Å². The van der Waals surface area contributed by atoms with E-state index in [1.807, 2.05) is 61.5 Å². The number of carbonyl (C=O) groups is 1. The summed E-state index contributed by atoms with van der Waals surface area (Å²) >= 11 is 0. The maximum absolute atomic E-state index is 12.8. The molecular formula is C22H19N3O3. The minimum atomic E-state index is -0.372. The Morgan fingerprint density at radius 2 is 1.82 bits per heavy atom. The fourth-order valence-corrected chi connectivity index (χ4v) is 2.96. The maximum Gasteiger partial charge on any atom is 0.275 e. The molecule has 0 fully saturated rings. The molecule has 6 heteroatoms. The van der Waals surface area contributed by atoms with E-state index in [1.54, 1.807) is 13.0 Å². The average Bonchev–Trinajstić information content (AvgIpc) is 3.09. The third-order valence-electron chi connectivity index (χ3n) is 4.46. The fourth-order valence-electron chi connectivity index (χ4n) is 2.96. The number of nitrogens with zero attached hydrogens (tertiary/aromatic N) is 2. The summed E-state index contributed by atoms with van der Waals surface area (Å²) in [5.74, 6) is -0.372. The van der Waals surface area contributed by atoms with Crippen molar-refractivity contribution in [3.05, 3.63) is 83.0 Å². The number of fused-ring (bicyclic) bond motifs is 1. The van der Waals surface area contributed by atoms with Gasteiger partial charge in [0, 0.05) is 5.56 Å². The van der Waals surface area contributed by atoms with Crippen molar-refractivity contribution in [2.24, 2.45) is 0 Å². The highest BCUT2D eigenvalue weighted by Crippen LogP contribution is 2.27. The molecule has 1 amide bonds. The van der Waals surface area contributed by atoms with Crippen LogP contribution in [0.2, 0.25) is 0 Å². The van der Waals surface area contributed by atoms with Crippen molar-refractivity contribution in [3.63, 3.8) is 0 Å². The van der Waals surface area contributed by atoms with E-state index in [0.29, 0.717) is 28.1 Å². The van der Waals surface area contributed by atoms with Gasteiger partial charge in [0.2, 0.25) is 0 Å². The molecule has 2 aromatic carbocycles. The molecule has 0 radical (unpaired) electrons. The van der Waals surface area contributed by atoms with Crippen LogP contribution in [0.4, 0.5) is 0 Å². The lowest BCUT2D eigenvalue weighted by molar-refractivity contribution is 0.0235. The molecule has 0 aliphatic rings. The lowest BCUT2D eigenvalue weighted by Crippen LogP contribution is -2.24. The van der Waals surface area contributed by atoms with Gasteiger partial charge in [-0.3, -0.25) is 9.63 Å². The predicted octanol–water partition coefficient (Wildman–Crippen LogP) is 4.37. The van der Waals surface area contributed by atoms with Gasteiger partial charge in [0.15, 0.2) is 0 Å². The minimum absolute atomic E-state index is 0.272. The van der Waals surface area contributed by atoms with Crippen molar-refractivity contribution in [3.8, 4) is 11.3 Å². The topological polar surface area (TPSA) is 77.2 Å². The number of pyridine rings is 1. The summed E-state index contributed by atoms with van der Waals surface area (Å²) in [6.45, 7) is 4.07. The zero-order chi connectivity index (χ0) is 19.5.